The maximum Gasteiger partial charge on any atom is 0.330 e. The van der Waals surface area contributed by atoms with Crippen LogP contribution in [0.25, 0.3) is 16.7 Å². The standard InChI is InChI=1S/C13H14N3O/c1-15-8-6-10(7-9-15)16-12-5-3-2-4-11(12)14-13(16)17/h2-6H,1,7-9H2,(H,14,17)/q-1. The molecule has 1 aromatic heterocycles. The summed E-state index contributed by atoms with van der Waals surface area (Å²) in [6.07, 6.45) is 2.92. The molecular weight excluding hydrogens is 214 g/mol. The second-order valence-electron chi connectivity index (χ2n) is 4.31. The summed E-state index contributed by atoms with van der Waals surface area (Å²) in [5.41, 5.74) is 2.83. The number of nitrogens with one attached hydrogen (secondary N) is 1. The largest absolute Gasteiger partial charge is 0.456 e. The number of rotatable bonds is 1. The van der Waals surface area contributed by atoms with Crippen molar-refractivity contribution in [2.24, 2.45) is 0 Å². The number of hydrogen-bond acceptors (Lipinski definition) is 2. The van der Waals surface area contributed by atoms with Crippen molar-refractivity contribution >= 4 is 16.7 Å². The highest BCUT2D eigenvalue weighted by molar-refractivity contribution is 5.79. The van der Waals surface area contributed by atoms with Gasteiger partial charge in [0.2, 0.25) is 0 Å². The van der Waals surface area contributed by atoms with E-state index in [1.54, 1.807) is 4.57 Å². The van der Waals surface area contributed by atoms with Crippen molar-refractivity contribution in [3.8, 4) is 0 Å². The van der Waals surface area contributed by atoms with Crippen LogP contribution in [-0.4, -0.2) is 27.5 Å². The van der Waals surface area contributed by atoms with Crippen LogP contribution < -0.4 is 5.69 Å². The van der Waals surface area contributed by atoms with Gasteiger partial charge in [0.05, 0.1) is 11.0 Å². The molecule has 1 N–H and O–H groups in total. The molecule has 1 aliphatic rings. The van der Waals surface area contributed by atoms with Gasteiger partial charge in [-0.15, -0.1) is 0 Å². The molecule has 4 heteroatoms. The third-order valence-electron chi connectivity index (χ3n) is 3.15. The fourth-order valence-corrected chi connectivity index (χ4v) is 2.24. The molecule has 0 spiro atoms. The minimum Gasteiger partial charge on any atom is -0.456 e. The minimum absolute atomic E-state index is 0.0602. The van der Waals surface area contributed by atoms with E-state index in [1.165, 1.54) is 0 Å². The van der Waals surface area contributed by atoms with Crippen molar-refractivity contribution in [1.82, 2.24) is 14.5 Å². The second kappa shape index (κ2) is 3.89. The fourth-order valence-electron chi connectivity index (χ4n) is 2.24. The van der Waals surface area contributed by atoms with E-state index in [4.69, 9.17) is 0 Å². The molecule has 0 fully saturated rings. The molecule has 0 saturated carbocycles. The number of imidazole rings is 1. The number of para-hydroxylation sites is 2. The highest BCUT2D eigenvalue weighted by Gasteiger charge is 2.12. The van der Waals surface area contributed by atoms with Crippen LogP contribution in [0, 0.1) is 7.05 Å². The maximum atomic E-state index is 12.0. The average Bonchev–Trinajstić information content (AvgIpc) is 2.66. The number of H-pyrrole nitrogens is 1. The predicted octanol–water partition coefficient (Wildman–Crippen LogP) is 1.67. The van der Waals surface area contributed by atoms with Crippen LogP contribution in [0.5, 0.6) is 0 Å². The van der Waals surface area contributed by atoms with E-state index in [0.717, 1.165) is 36.2 Å². The molecule has 0 atom stereocenters. The van der Waals surface area contributed by atoms with Gasteiger partial charge in [-0.2, -0.15) is 0 Å². The van der Waals surface area contributed by atoms with E-state index in [9.17, 15) is 4.79 Å². The zero-order valence-corrected chi connectivity index (χ0v) is 9.52. The van der Waals surface area contributed by atoms with Gasteiger partial charge >= 0.3 is 5.69 Å². The topological polar surface area (TPSA) is 41.0 Å². The third-order valence-corrected chi connectivity index (χ3v) is 3.15. The van der Waals surface area contributed by atoms with Gasteiger partial charge in [0.1, 0.15) is 0 Å². The fraction of sp³-hybridized carbons (Fsp3) is 0.231. The molecule has 4 nitrogen and oxygen atoms in total. The van der Waals surface area contributed by atoms with Crippen molar-refractivity contribution in [2.45, 2.75) is 6.42 Å². The lowest BCUT2D eigenvalue weighted by atomic mass is 10.2. The Labute approximate surface area is 99.2 Å². The summed E-state index contributed by atoms with van der Waals surface area (Å²) < 4.78 is 1.77. The van der Waals surface area contributed by atoms with E-state index in [0.29, 0.717) is 0 Å². The Morgan fingerprint density at radius 3 is 2.88 bits per heavy atom. The SMILES string of the molecule is [CH2-]N1CC=C(n2c(=O)[nH]c3ccccc32)CC1. The Kier molecular flexibility index (Phi) is 2.37. The minimum atomic E-state index is -0.0602. The molecule has 3 rings (SSSR count). The molecule has 1 aliphatic heterocycles. The number of benzene rings is 1. The van der Waals surface area contributed by atoms with Gasteiger partial charge in [-0.05, 0) is 31.6 Å². The first kappa shape index (κ1) is 10.4. The first-order valence-corrected chi connectivity index (χ1v) is 5.70. The van der Waals surface area contributed by atoms with Gasteiger partial charge < -0.3 is 9.88 Å². The second-order valence-corrected chi connectivity index (χ2v) is 4.31. The quantitative estimate of drug-likeness (QED) is 0.754. The lowest BCUT2D eigenvalue weighted by molar-refractivity contribution is 0.404. The lowest BCUT2D eigenvalue weighted by Crippen LogP contribution is -2.26. The highest BCUT2D eigenvalue weighted by atomic mass is 16.1. The monoisotopic (exact) mass is 228 g/mol. The molecule has 0 amide bonds. The summed E-state index contributed by atoms with van der Waals surface area (Å²) >= 11 is 0. The van der Waals surface area contributed by atoms with Crippen LogP contribution in [0.15, 0.2) is 35.1 Å². The van der Waals surface area contributed by atoms with E-state index in [-0.39, 0.29) is 5.69 Å². The van der Waals surface area contributed by atoms with Crippen LogP contribution in [-0.2, 0) is 0 Å². The van der Waals surface area contributed by atoms with Gasteiger partial charge in [0.25, 0.3) is 0 Å². The van der Waals surface area contributed by atoms with Crippen LogP contribution in [0.4, 0.5) is 0 Å². The molecule has 0 saturated heterocycles. The van der Waals surface area contributed by atoms with Gasteiger partial charge in [0, 0.05) is 5.70 Å². The van der Waals surface area contributed by atoms with E-state index < -0.39 is 0 Å². The lowest BCUT2D eigenvalue weighted by Gasteiger charge is -2.28. The number of aromatic nitrogens is 2. The van der Waals surface area contributed by atoms with Crippen LogP contribution >= 0.6 is 0 Å². The Morgan fingerprint density at radius 2 is 2.12 bits per heavy atom. The summed E-state index contributed by atoms with van der Waals surface area (Å²) in [5.74, 6) is 0. The Morgan fingerprint density at radius 1 is 1.29 bits per heavy atom. The normalized spacial score (nSPS) is 17.4. The highest BCUT2D eigenvalue weighted by Crippen LogP contribution is 2.19. The Bertz CT molecular complexity index is 635. The summed E-state index contributed by atoms with van der Waals surface area (Å²) in [5, 5.41) is 0. The summed E-state index contributed by atoms with van der Waals surface area (Å²) in [6.45, 7) is 1.68. The summed E-state index contributed by atoms with van der Waals surface area (Å²) in [6, 6.07) is 7.76. The predicted molar refractivity (Wildman–Crippen MR) is 68.4 cm³/mol. The molecule has 2 heterocycles. The van der Waals surface area contributed by atoms with Crippen LogP contribution in [0.1, 0.15) is 6.42 Å². The summed E-state index contributed by atoms with van der Waals surface area (Å²) in [7, 11) is 3.89. The van der Waals surface area contributed by atoms with Crippen molar-refractivity contribution in [2.75, 3.05) is 13.1 Å². The third kappa shape index (κ3) is 1.70. The molecule has 88 valence electrons. The van der Waals surface area contributed by atoms with Gasteiger partial charge in [-0.25, -0.2) is 4.79 Å². The molecule has 0 bridgehead atoms. The number of aromatic amines is 1. The number of nitrogens with zero attached hydrogens (tertiary/aromatic N) is 2. The molecule has 17 heavy (non-hydrogen) atoms. The van der Waals surface area contributed by atoms with Crippen LogP contribution in [0.3, 0.4) is 0 Å². The molecule has 0 radical (unpaired) electrons. The van der Waals surface area contributed by atoms with E-state index in [2.05, 4.69) is 18.1 Å². The number of fused-ring (bicyclic) bond motifs is 1. The van der Waals surface area contributed by atoms with Gasteiger partial charge in [0.15, 0.2) is 0 Å². The molecule has 0 unspecified atom stereocenters. The van der Waals surface area contributed by atoms with Gasteiger partial charge in [-0.1, -0.05) is 18.2 Å². The zero-order valence-electron chi connectivity index (χ0n) is 9.52. The Hall–Kier alpha value is -1.81. The van der Waals surface area contributed by atoms with Crippen LogP contribution in [0.2, 0.25) is 0 Å². The van der Waals surface area contributed by atoms with Crippen molar-refractivity contribution < 1.29 is 0 Å². The van der Waals surface area contributed by atoms with Crippen molar-refractivity contribution in [3.63, 3.8) is 0 Å². The van der Waals surface area contributed by atoms with Gasteiger partial charge in [-0.3, -0.25) is 11.6 Å². The summed E-state index contributed by atoms with van der Waals surface area (Å²) in [4.78, 5) is 16.8. The molecule has 1 aromatic carbocycles. The molecule has 2 aromatic rings. The van der Waals surface area contributed by atoms with E-state index in [1.807, 2.05) is 29.2 Å². The number of hydrogen-bond donors (Lipinski definition) is 1. The molecular formula is C13H14N3O-. The van der Waals surface area contributed by atoms with E-state index >= 15 is 0 Å². The first-order valence-electron chi connectivity index (χ1n) is 5.70. The Balaban J connectivity index is 2.17. The van der Waals surface area contributed by atoms with Crippen molar-refractivity contribution in [1.29, 1.82) is 0 Å². The average molecular weight is 228 g/mol. The smallest absolute Gasteiger partial charge is 0.330 e. The maximum absolute atomic E-state index is 12.0. The van der Waals surface area contributed by atoms with Crippen molar-refractivity contribution in [3.05, 3.63) is 47.9 Å². The molecule has 0 aliphatic carbocycles. The first-order chi connectivity index (χ1) is 8.25. The zero-order chi connectivity index (χ0) is 11.8.